The third-order valence-electron chi connectivity index (χ3n) is 2.20. The molecule has 2 unspecified atom stereocenters. The minimum atomic E-state index is -2.71. The highest BCUT2D eigenvalue weighted by Gasteiger charge is 2.28. The zero-order valence-corrected chi connectivity index (χ0v) is 7.32. The van der Waals surface area contributed by atoms with Gasteiger partial charge in [0.05, 0.1) is 11.0 Å². The number of hydrogen-bond acceptors (Lipinski definition) is 2. The van der Waals surface area contributed by atoms with Gasteiger partial charge < -0.3 is 0 Å². The van der Waals surface area contributed by atoms with Crippen molar-refractivity contribution in [1.29, 1.82) is 0 Å². The summed E-state index contributed by atoms with van der Waals surface area (Å²) in [5.74, 6) is 0.773. The summed E-state index contributed by atoms with van der Waals surface area (Å²) in [6.07, 6.45) is 1.92. The second-order valence-electron chi connectivity index (χ2n) is 3.32. The van der Waals surface area contributed by atoms with Crippen LogP contribution in [0.1, 0.15) is 26.7 Å². The lowest BCUT2D eigenvalue weighted by Gasteiger charge is -2.23. The summed E-state index contributed by atoms with van der Waals surface area (Å²) in [5.41, 5.74) is 0. The van der Waals surface area contributed by atoms with Gasteiger partial charge >= 0.3 is 0 Å². The lowest BCUT2D eigenvalue weighted by Crippen LogP contribution is -2.30. The summed E-state index contributed by atoms with van der Waals surface area (Å²) in [6, 6.07) is 0. The van der Waals surface area contributed by atoms with E-state index in [1.165, 1.54) is 0 Å². The summed E-state index contributed by atoms with van der Waals surface area (Å²) >= 11 is 0. The molecule has 1 heterocycles. The highest BCUT2D eigenvalue weighted by molar-refractivity contribution is 7.92. The first-order chi connectivity index (χ1) is 4.52. The van der Waals surface area contributed by atoms with Crippen LogP contribution in [0.15, 0.2) is 0 Å². The molecule has 0 N–H and O–H groups in total. The molecule has 1 rings (SSSR count). The van der Waals surface area contributed by atoms with E-state index in [9.17, 15) is 8.42 Å². The quantitative estimate of drug-likeness (QED) is 0.536. The van der Waals surface area contributed by atoms with Gasteiger partial charge in [-0.3, -0.25) is 0 Å². The Labute approximate surface area is 62.5 Å². The minimum Gasteiger partial charge on any atom is -0.229 e. The molecule has 1 aliphatic rings. The van der Waals surface area contributed by atoms with Gasteiger partial charge in [0, 0.05) is 0 Å². The Bertz CT molecular complexity index is 206. The van der Waals surface area contributed by atoms with Gasteiger partial charge in [-0.25, -0.2) is 8.42 Å². The molecule has 3 heteroatoms. The van der Waals surface area contributed by atoms with Gasteiger partial charge in [-0.05, 0) is 25.7 Å². The van der Waals surface area contributed by atoms with Crippen molar-refractivity contribution in [1.82, 2.24) is 0 Å². The molecule has 1 fully saturated rings. The Kier molecular flexibility index (Phi) is 2.04. The maximum absolute atomic E-state index is 11.2. The zero-order valence-electron chi connectivity index (χ0n) is 6.50. The van der Waals surface area contributed by atoms with E-state index in [-0.39, 0.29) is 5.25 Å². The van der Waals surface area contributed by atoms with Crippen LogP contribution in [0.25, 0.3) is 0 Å². The van der Waals surface area contributed by atoms with Crippen molar-refractivity contribution < 1.29 is 8.42 Å². The predicted octanol–water partition coefficient (Wildman–Crippen LogP) is 1.22. The second kappa shape index (κ2) is 2.53. The molecule has 10 heavy (non-hydrogen) atoms. The van der Waals surface area contributed by atoms with Gasteiger partial charge in [0.1, 0.15) is 0 Å². The average Bonchev–Trinajstić information content (AvgIpc) is 1.78. The van der Waals surface area contributed by atoms with Crippen LogP contribution >= 0.6 is 0 Å². The Morgan fingerprint density at radius 3 is 2.20 bits per heavy atom. The standard InChI is InChI=1S/C7H14O2S/c1-6-3-4-7(2)10(8,9)5-6/h6-7H,3-5H2,1-2H3. The minimum absolute atomic E-state index is 0.0938. The van der Waals surface area contributed by atoms with Crippen LogP contribution in [0.2, 0.25) is 0 Å². The first-order valence-corrected chi connectivity index (χ1v) is 5.45. The molecule has 0 aromatic heterocycles. The first kappa shape index (κ1) is 8.05. The molecule has 0 saturated carbocycles. The molecule has 1 saturated heterocycles. The van der Waals surface area contributed by atoms with Crippen molar-refractivity contribution in [3.05, 3.63) is 0 Å². The maximum atomic E-state index is 11.2. The number of rotatable bonds is 0. The van der Waals surface area contributed by atoms with Crippen LogP contribution < -0.4 is 0 Å². The summed E-state index contributed by atoms with van der Waals surface area (Å²) in [6.45, 7) is 3.81. The van der Waals surface area contributed by atoms with Crippen LogP contribution in [0.5, 0.6) is 0 Å². The molecule has 0 radical (unpaired) electrons. The number of hydrogen-bond donors (Lipinski definition) is 0. The van der Waals surface area contributed by atoms with E-state index < -0.39 is 9.84 Å². The molecule has 0 aromatic rings. The molecular weight excluding hydrogens is 148 g/mol. The summed E-state index contributed by atoms with van der Waals surface area (Å²) in [4.78, 5) is 0. The predicted molar refractivity (Wildman–Crippen MR) is 41.6 cm³/mol. The average molecular weight is 162 g/mol. The lowest BCUT2D eigenvalue weighted by molar-refractivity contribution is 0.486. The van der Waals surface area contributed by atoms with Gasteiger partial charge in [0.25, 0.3) is 0 Å². The fraction of sp³-hybridized carbons (Fsp3) is 1.00. The van der Waals surface area contributed by atoms with E-state index in [1.54, 1.807) is 6.92 Å². The lowest BCUT2D eigenvalue weighted by atomic mass is 10.1. The molecular formula is C7H14O2S. The summed E-state index contributed by atoms with van der Waals surface area (Å²) in [5, 5.41) is -0.0938. The third kappa shape index (κ3) is 1.51. The van der Waals surface area contributed by atoms with Crippen molar-refractivity contribution >= 4 is 9.84 Å². The number of sulfone groups is 1. The molecule has 1 aliphatic heterocycles. The molecule has 0 bridgehead atoms. The van der Waals surface area contributed by atoms with E-state index in [4.69, 9.17) is 0 Å². The van der Waals surface area contributed by atoms with Crippen LogP contribution in [0.3, 0.4) is 0 Å². The normalized spacial score (nSPS) is 39.4. The molecule has 2 atom stereocenters. The zero-order chi connectivity index (χ0) is 7.78. The van der Waals surface area contributed by atoms with Crippen LogP contribution in [0.4, 0.5) is 0 Å². The molecule has 0 aromatic carbocycles. The molecule has 60 valence electrons. The Morgan fingerprint density at radius 2 is 1.80 bits per heavy atom. The fourth-order valence-electron chi connectivity index (χ4n) is 1.34. The van der Waals surface area contributed by atoms with Crippen LogP contribution in [-0.2, 0) is 9.84 Å². The maximum Gasteiger partial charge on any atom is 0.153 e. The van der Waals surface area contributed by atoms with E-state index in [0.29, 0.717) is 11.7 Å². The van der Waals surface area contributed by atoms with E-state index >= 15 is 0 Å². The summed E-state index contributed by atoms with van der Waals surface area (Å²) < 4.78 is 22.4. The molecule has 0 spiro atoms. The SMILES string of the molecule is CC1CCC(C)S(=O)(=O)C1. The Balaban J connectivity index is 2.74. The summed E-state index contributed by atoms with van der Waals surface area (Å²) in [7, 11) is -2.71. The van der Waals surface area contributed by atoms with E-state index in [2.05, 4.69) is 0 Å². The molecule has 2 nitrogen and oxygen atoms in total. The van der Waals surface area contributed by atoms with Gasteiger partial charge in [-0.15, -0.1) is 0 Å². The highest BCUT2D eigenvalue weighted by atomic mass is 32.2. The largest absolute Gasteiger partial charge is 0.229 e. The Morgan fingerprint density at radius 1 is 1.20 bits per heavy atom. The Hall–Kier alpha value is -0.0500. The smallest absolute Gasteiger partial charge is 0.153 e. The van der Waals surface area contributed by atoms with E-state index in [0.717, 1.165) is 12.8 Å². The molecule has 0 aliphatic carbocycles. The third-order valence-corrected chi connectivity index (χ3v) is 4.69. The van der Waals surface area contributed by atoms with Gasteiger partial charge in [0.2, 0.25) is 0 Å². The van der Waals surface area contributed by atoms with E-state index in [1.807, 2.05) is 6.92 Å². The van der Waals surface area contributed by atoms with Crippen LogP contribution in [-0.4, -0.2) is 19.4 Å². The highest BCUT2D eigenvalue weighted by Crippen LogP contribution is 2.22. The second-order valence-corrected chi connectivity index (χ2v) is 5.79. The topological polar surface area (TPSA) is 34.1 Å². The fourth-order valence-corrected chi connectivity index (χ4v) is 3.13. The van der Waals surface area contributed by atoms with Gasteiger partial charge in [0.15, 0.2) is 9.84 Å². The van der Waals surface area contributed by atoms with Crippen molar-refractivity contribution in [3.8, 4) is 0 Å². The van der Waals surface area contributed by atoms with Gasteiger partial charge in [-0.1, -0.05) is 6.92 Å². The van der Waals surface area contributed by atoms with Crippen LogP contribution in [0, 0.1) is 5.92 Å². The van der Waals surface area contributed by atoms with Crippen molar-refractivity contribution in [2.45, 2.75) is 31.9 Å². The monoisotopic (exact) mass is 162 g/mol. The van der Waals surface area contributed by atoms with Crippen molar-refractivity contribution in [2.24, 2.45) is 5.92 Å². The van der Waals surface area contributed by atoms with Crippen molar-refractivity contribution in [2.75, 3.05) is 5.75 Å². The first-order valence-electron chi connectivity index (χ1n) is 3.74. The van der Waals surface area contributed by atoms with Gasteiger partial charge in [-0.2, -0.15) is 0 Å². The molecule has 0 amide bonds. The van der Waals surface area contributed by atoms with Crippen molar-refractivity contribution in [3.63, 3.8) is 0 Å².